The van der Waals surface area contributed by atoms with Gasteiger partial charge in [-0.15, -0.1) is 21.5 Å². The normalized spacial score (nSPS) is 21.5. The van der Waals surface area contributed by atoms with Crippen LogP contribution in [0.1, 0.15) is 57.3 Å². The molecule has 0 aliphatic carbocycles. The van der Waals surface area contributed by atoms with Crippen LogP contribution in [0, 0.1) is 13.8 Å². The van der Waals surface area contributed by atoms with Crippen LogP contribution < -0.4 is 0 Å². The molecule has 0 spiro atoms. The van der Waals surface area contributed by atoms with Gasteiger partial charge in [-0.3, -0.25) is 9.69 Å². The topological polar surface area (TPSA) is 67.2 Å². The molecule has 2 aromatic rings. The molecule has 0 N–H and O–H groups in total. The highest BCUT2D eigenvalue weighted by Crippen LogP contribution is 2.29. The molecule has 7 nitrogen and oxygen atoms in total. The van der Waals surface area contributed by atoms with Gasteiger partial charge in [-0.1, -0.05) is 6.42 Å². The van der Waals surface area contributed by atoms with E-state index in [1.165, 1.54) is 24.2 Å². The average molecular weight is 375 g/mol. The fourth-order valence-electron chi connectivity index (χ4n) is 4.07. The Morgan fingerprint density at radius 2 is 1.96 bits per heavy atom. The molecule has 0 aromatic carbocycles. The molecule has 0 bridgehead atoms. The summed E-state index contributed by atoms with van der Waals surface area (Å²) in [5.74, 6) is 2.18. The smallest absolute Gasteiger partial charge is 0.265 e. The summed E-state index contributed by atoms with van der Waals surface area (Å²) in [6.07, 6.45) is 4.39. The summed E-state index contributed by atoms with van der Waals surface area (Å²) < 4.78 is 2.25. The van der Waals surface area contributed by atoms with E-state index < -0.39 is 0 Å². The number of carbonyl (C=O) groups excluding carboxylic acids is 1. The number of hydrogen-bond acceptors (Lipinski definition) is 6. The van der Waals surface area contributed by atoms with E-state index in [4.69, 9.17) is 0 Å². The first-order chi connectivity index (χ1) is 12.5. The molecule has 1 fully saturated rings. The number of aromatic nitrogens is 4. The molecule has 0 saturated carbocycles. The highest BCUT2D eigenvalue weighted by atomic mass is 32.1. The first kappa shape index (κ1) is 17.6. The maximum Gasteiger partial charge on any atom is 0.265 e. The van der Waals surface area contributed by atoms with Crippen LogP contribution in [-0.2, 0) is 13.0 Å². The minimum absolute atomic E-state index is 0.100. The SMILES string of the molecule is Cc1nc(C)c(C(=O)N2CCc3nnc([C@@H]4CCCCN4C)n3CC2)s1. The number of hydrogen-bond donors (Lipinski definition) is 0. The third-order valence-corrected chi connectivity index (χ3v) is 6.57. The quantitative estimate of drug-likeness (QED) is 0.806. The summed E-state index contributed by atoms with van der Waals surface area (Å²) >= 11 is 1.49. The number of nitrogens with zero attached hydrogens (tertiary/aromatic N) is 6. The number of piperidine rings is 1. The molecule has 26 heavy (non-hydrogen) atoms. The molecule has 2 aliphatic heterocycles. The molecule has 1 atom stereocenters. The number of amides is 1. The summed E-state index contributed by atoms with van der Waals surface area (Å²) in [5, 5.41) is 9.92. The summed E-state index contributed by atoms with van der Waals surface area (Å²) in [6, 6.07) is 0.346. The van der Waals surface area contributed by atoms with Crippen molar-refractivity contribution in [2.75, 3.05) is 26.7 Å². The minimum atomic E-state index is 0.100. The zero-order valence-electron chi connectivity index (χ0n) is 15.7. The lowest BCUT2D eigenvalue weighted by Crippen LogP contribution is -2.34. The van der Waals surface area contributed by atoms with Crippen molar-refractivity contribution in [1.29, 1.82) is 0 Å². The Morgan fingerprint density at radius 1 is 1.12 bits per heavy atom. The van der Waals surface area contributed by atoms with Crippen molar-refractivity contribution in [1.82, 2.24) is 29.5 Å². The second-order valence-corrected chi connectivity index (χ2v) is 8.51. The monoisotopic (exact) mass is 374 g/mol. The fraction of sp³-hybridized carbons (Fsp3) is 0.667. The van der Waals surface area contributed by atoms with E-state index in [9.17, 15) is 4.79 Å². The Kier molecular flexibility index (Phi) is 4.79. The molecule has 1 amide bonds. The maximum atomic E-state index is 12.9. The zero-order chi connectivity index (χ0) is 18.3. The number of fused-ring (bicyclic) bond motifs is 1. The van der Waals surface area contributed by atoms with Crippen LogP contribution in [0.4, 0.5) is 0 Å². The molecule has 0 unspecified atom stereocenters. The molecule has 140 valence electrons. The average Bonchev–Trinajstić information content (AvgIpc) is 3.10. The Balaban J connectivity index is 1.53. The van der Waals surface area contributed by atoms with Crippen molar-refractivity contribution < 1.29 is 4.79 Å². The highest BCUT2D eigenvalue weighted by molar-refractivity contribution is 7.13. The van der Waals surface area contributed by atoms with Gasteiger partial charge < -0.3 is 9.47 Å². The number of aryl methyl sites for hydroxylation is 2. The van der Waals surface area contributed by atoms with E-state index in [0.29, 0.717) is 19.1 Å². The van der Waals surface area contributed by atoms with Crippen LogP contribution in [0.15, 0.2) is 0 Å². The van der Waals surface area contributed by atoms with Crippen molar-refractivity contribution in [3.05, 3.63) is 27.2 Å². The first-order valence-electron chi connectivity index (χ1n) is 9.40. The molecule has 2 aliphatic rings. The van der Waals surface area contributed by atoms with Crippen molar-refractivity contribution in [2.24, 2.45) is 0 Å². The lowest BCUT2D eigenvalue weighted by atomic mass is 10.0. The number of rotatable bonds is 2. The Bertz CT molecular complexity index is 813. The lowest BCUT2D eigenvalue weighted by molar-refractivity contribution is 0.0761. The van der Waals surface area contributed by atoms with E-state index in [-0.39, 0.29) is 5.91 Å². The molecular weight excluding hydrogens is 348 g/mol. The van der Waals surface area contributed by atoms with Gasteiger partial charge in [0, 0.05) is 26.1 Å². The third-order valence-electron chi connectivity index (χ3n) is 5.51. The third kappa shape index (κ3) is 3.16. The van der Waals surface area contributed by atoms with Crippen LogP contribution in [0.5, 0.6) is 0 Å². The van der Waals surface area contributed by atoms with Crippen LogP contribution in [0.2, 0.25) is 0 Å². The van der Waals surface area contributed by atoms with Crippen molar-refractivity contribution in [3.63, 3.8) is 0 Å². The summed E-state index contributed by atoms with van der Waals surface area (Å²) in [7, 11) is 2.17. The van der Waals surface area contributed by atoms with E-state index >= 15 is 0 Å². The van der Waals surface area contributed by atoms with E-state index in [1.807, 2.05) is 18.7 Å². The lowest BCUT2D eigenvalue weighted by Gasteiger charge is -2.31. The Morgan fingerprint density at radius 3 is 2.69 bits per heavy atom. The molecule has 1 saturated heterocycles. The molecule has 2 aromatic heterocycles. The molecule has 8 heteroatoms. The van der Waals surface area contributed by atoms with Crippen molar-refractivity contribution in [3.8, 4) is 0 Å². The van der Waals surface area contributed by atoms with Crippen molar-refractivity contribution >= 4 is 17.2 Å². The van der Waals surface area contributed by atoms with Crippen LogP contribution in [0.3, 0.4) is 0 Å². The largest absolute Gasteiger partial charge is 0.336 e. The van der Waals surface area contributed by atoms with Crippen molar-refractivity contribution in [2.45, 2.75) is 52.1 Å². The van der Waals surface area contributed by atoms with Gasteiger partial charge in [-0.05, 0) is 40.3 Å². The predicted molar refractivity (Wildman–Crippen MR) is 100 cm³/mol. The van der Waals surface area contributed by atoms with Gasteiger partial charge in [0.15, 0.2) is 0 Å². The summed E-state index contributed by atoms with van der Waals surface area (Å²) in [4.78, 5) is 22.4. The number of likely N-dealkylation sites (tertiary alicyclic amines) is 1. The van der Waals surface area contributed by atoms with E-state index in [2.05, 4.69) is 31.7 Å². The molecular formula is C18H26N6OS. The molecule has 4 heterocycles. The van der Waals surface area contributed by atoms with Gasteiger partial charge >= 0.3 is 0 Å². The van der Waals surface area contributed by atoms with Gasteiger partial charge in [0.05, 0.1) is 16.7 Å². The predicted octanol–water partition coefficient (Wildman–Crippen LogP) is 2.21. The van der Waals surface area contributed by atoms with Crippen LogP contribution in [0.25, 0.3) is 0 Å². The summed E-state index contributed by atoms with van der Waals surface area (Å²) in [5.41, 5.74) is 0.839. The van der Waals surface area contributed by atoms with Gasteiger partial charge in [0.1, 0.15) is 16.5 Å². The van der Waals surface area contributed by atoms with Gasteiger partial charge in [0.2, 0.25) is 0 Å². The second kappa shape index (κ2) is 7.08. The highest BCUT2D eigenvalue weighted by Gasteiger charge is 2.30. The standard InChI is InChI=1S/C18H26N6OS/c1-12-16(26-13(2)19-12)18(25)23-9-7-15-20-21-17(24(15)11-10-23)14-6-4-5-8-22(14)3/h14H,4-11H2,1-3H3/t14-/m0/s1. The molecule has 4 rings (SSSR count). The Hall–Kier alpha value is -1.80. The minimum Gasteiger partial charge on any atom is -0.336 e. The summed E-state index contributed by atoms with van der Waals surface area (Å²) in [6.45, 7) is 7.13. The van der Waals surface area contributed by atoms with Crippen LogP contribution in [-0.4, -0.2) is 62.1 Å². The maximum absolute atomic E-state index is 12.9. The van der Waals surface area contributed by atoms with E-state index in [0.717, 1.165) is 53.2 Å². The number of thiazole rings is 1. The molecule has 0 radical (unpaired) electrons. The van der Waals surface area contributed by atoms with Gasteiger partial charge in [0.25, 0.3) is 5.91 Å². The number of carbonyl (C=O) groups is 1. The van der Waals surface area contributed by atoms with Crippen LogP contribution >= 0.6 is 11.3 Å². The fourth-order valence-corrected chi connectivity index (χ4v) is 4.96. The van der Waals surface area contributed by atoms with Gasteiger partial charge in [-0.25, -0.2) is 4.98 Å². The van der Waals surface area contributed by atoms with Gasteiger partial charge in [-0.2, -0.15) is 0 Å². The zero-order valence-corrected chi connectivity index (χ0v) is 16.6. The van der Waals surface area contributed by atoms with E-state index in [1.54, 1.807) is 0 Å². The second-order valence-electron chi connectivity index (χ2n) is 7.31. The first-order valence-corrected chi connectivity index (χ1v) is 10.2. The Labute approximate surface area is 158 Å².